The Morgan fingerprint density at radius 1 is 1.41 bits per heavy atom. The number of carbonyl (C=O) groups is 1. The highest BCUT2D eigenvalue weighted by molar-refractivity contribution is 7.16. The van der Waals surface area contributed by atoms with Crippen molar-refractivity contribution in [2.75, 3.05) is 12.4 Å². The van der Waals surface area contributed by atoms with Crippen LogP contribution in [0.5, 0.6) is 5.75 Å². The molecule has 1 N–H and O–H groups in total. The second kappa shape index (κ2) is 7.84. The van der Waals surface area contributed by atoms with E-state index in [1.807, 2.05) is 0 Å². The molecular formula is C21H23N3O4S. The summed E-state index contributed by atoms with van der Waals surface area (Å²) in [5, 5.41) is 24.2. The number of methoxy groups -OCH3 is 1. The minimum Gasteiger partial charge on any atom is -0.490 e. The first-order valence-corrected chi connectivity index (χ1v) is 10.2. The normalized spacial score (nSPS) is 15.9. The van der Waals surface area contributed by atoms with Crippen molar-refractivity contribution in [1.29, 1.82) is 5.26 Å². The Bertz CT molecular complexity index is 1010. The Morgan fingerprint density at radius 2 is 2.14 bits per heavy atom. The maximum Gasteiger partial charge on any atom is 0.311 e. The van der Waals surface area contributed by atoms with E-state index in [-0.39, 0.29) is 22.4 Å². The molecule has 1 aromatic heterocycles. The van der Waals surface area contributed by atoms with Gasteiger partial charge in [0.2, 0.25) is 0 Å². The molecule has 1 aliphatic carbocycles. The number of nitro groups is 1. The molecule has 2 aromatic rings. The zero-order valence-corrected chi connectivity index (χ0v) is 17.7. The third kappa shape index (κ3) is 4.10. The fraction of sp³-hybridized carbons (Fsp3) is 0.429. The highest BCUT2D eigenvalue weighted by Gasteiger charge is 2.32. The number of nitro benzene ring substituents is 1. The summed E-state index contributed by atoms with van der Waals surface area (Å²) in [5.41, 5.74) is 1.57. The minimum atomic E-state index is -0.590. The standard InChI is InChI=1S/C21H23N3O4S/c1-21(2,3)13-6-7-14-15(11-22)20(29-18(14)10-13)23-19(25)12-5-8-17(28-4)16(9-12)24(26)27/h5,8-9,13H,6-7,10H2,1-4H3,(H,23,25)/t13-/m1/s1. The molecule has 0 radical (unpaired) electrons. The Kier molecular flexibility index (Phi) is 5.62. The lowest BCUT2D eigenvalue weighted by atomic mass is 9.72. The largest absolute Gasteiger partial charge is 0.490 e. The average molecular weight is 413 g/mol. The van der Waals surface area contributed by atoms with Crippen LogP contribution < -0.4 is 10.1 Å². The smallest absolute Gasteiger partial charge is 0.311 e. The Labute approximate surface area is 173 Å². The van der Waals surface area contributed by atoms with Crippen LogP contribution in [0.4, 0.5) is 10.7 Å². The molecule has 8 heteroatoms. The van der Waals surface area contributed by atoms with Gasteiger partial charge < -0.3 is 10.1 Å². The van der Waals surface area contributed by atoms with Gasteiger partial charge in [-0.25, -0.2) is 0 Å². The summed E-state index contributed by atoms with van der Waals surface area (Å²) in [6.07, 6.45) is 2.72. The number of benzene rings is 1. The van der Waals surface area contributed by atoms with Crippen molar-refractivity contribution in [3.63, 3.8) is 0 Å². The lowest BCUT2D eigenvalue weighted by Gasteiger charge is -2.33. The predicted octanol–water partition coefficient (Wildman–Crippen LogP) is 4.94. The van der Waals surface area contributed by atoms with Gasteiger partial charge in [0, 0.05) is 16.5 Å². The molecule has 1 aromatic carbocycles. The number of hydrogen-bond donors (Lipinski definition) is 1. The molecular weight excluding hydrogens is 390 g/mol. The monoisotopic (exact) mass is 413 g/mol. The van der Waals surface area contributed by atoms with Gasteiger partial charge in [-0.1, -0.05) is 20.8 Å². The van der Waals surface area contributed by atoms with Crippen molar-refractivity contribution in [2.45, 2.75) is 40.0 Å². The number of rotatable bonds is 4. The van der Waals surface area contributed by atoms with E-state index in [2.05, 4.69) is 32.2 Å². The molecule has 1 heterocycles. The SMILES string of the molecule is COc1ccc(C(=O)Nc2sc3c(c2C#N)CC[C@@H](C(C)(C)C)C3)cc1[N+](=O)[O-]. The van der Waals surface area contributed by atoms with Gasteiger partial charge in [-0.2, -0.15) is 5.26 Å². The number of nitrogens with one attached hydrogen (secondary N) is 1. The Balaban J connectivity index is 1.89. The number of carbonyl (C=O) groups excluding carboxylic acids is 1. The molecule has 1 atom stereocenters. The molecule has 0 unspecified atom stereocenters. The zero-order valence-electron chi connectivity index (χ0n) is 16.9. The van der Waals surface area contributed by atoms with Gasteiger partial charge in [0.15, 0.2) is 5.75 Å². The number of amides is 1. The molecule has 0 fully saturated rings. The summed E-state index contributed by atoms with van der Waals surface area (Å²) in [5.74, 6) is 0.121. The van der Waals surface area contributed by atoms with E-state index in [0.29, 0.717) is 16.5 Å². The van der Waals surface area contributed by atoms with Crippen LogP contribution in [0, 0.1) is 32.8 Å². The summed E-state index contributed by atoms with van der Waals surface area (Å²) in [7, 11) is 1.34. The van der Waals surface area contributed by atoms with Crippen LogP contribution in [0.3, 0.4) is 0 Å². The van der Waals surface area contributed by atoms with Gasteiger partial charge in [-0.05, 0) is 48.3 Å². The predicted molar refractivity (Wildman–Crippen MR) is 112 cm³/mol. The summed E-state index contributed by atoms with van der Waals surface area (Å²) in [6.45, 7) is 6.67. The summed E-state index contributed by atoms with van der Waals surface area (Å²) in [6, 6.07) is 6.28. The van der Waals surface area contributed by atoms with Crippen molar-refractivity contribution in [3.8, 4) is 11.8 Å². The van der Waals surface area contributed by atoms with Gasteiger partial charge in [0.1, 0.15) is 11.1 Å². The summed E-state index contributed by atoms with van der Waals surface area (Å²) >= 11 is 1.43. The first-order chi connectivity index (χ1) is 13.7. The van der Waals surface area contributed by atoms with E-state index in [4.69, 9.17) is 4.74 Å². The highest BCUT2D eigenvalue weighted by atomic mass is 32.1. The molecule has 0 spiro atoms. The molecule has 1 amide bonds. The second-order valence-corrected chi connectivity index (χ2v) is 9.33. The number of anilines is 1. The van der Waals surface area contributed by atoms with Crippen molar-refractivity contribution in [1.82, 2.24) is 0 Å². The maximum atomic E-state index is 12.7. The van der Waals surface area contributed by atoms with E-state index in [9.17, 15) is 20.2 Å². The van der Waals surface area contributed by atoms with Crippen LogP contribution in [-0.4, -0.2) is 17.9 Å². The molecule has 7 nitrogen and oxygen atoms in total. The lowest BCUT2D eigenvalue weighted by molar-refractivity contribution is -0.385. The van der Waals surface area contributed by atoms with Crippen LogP contribution in [0.15, 0.2) is 18.2 Å². The maximum absolute atomic E-state index is 12.7. The van der Waals surface area contributed by atoms with Crippen molar-refractivity contribution >= 4 is 27.9 Å². The van der Waals surface area contributed by atoms with Gasteiger partial charge in [-0.3, -0.25) is 14.9 Å². The van der Waals surface area contributed by atoms with Crippen LogP contribution in [0.25, 0.3) is 0 Å². The fourth-order valence-corrected chi connectivity index (χ4v) is 4.95. The van der Waals surface area contributed by atoms with Gasteiger partial charge in [-0.15, -0.1) is 11.3 Å². The number of hydrogen-bond acceptors (Lipinski definition) is 6. The van der Waals surface area contributed by atoms with Gasteiger partial charge >= 0.3 is 5.69 Å². The van der Waals surface area contributed by atoms with Crippen LogP contribution in [0.2, 0.25) is 0 Å². The van der Waals surface area contributed by atoms with Crippen LogP contribution in [0.1, 0.15) is 53.6 Å². The van der Waals surface area contributed by atoms with Crippen molar-refractivity contribution in [3.05, 3.63) is 49.9 Å². The van der Waals surface area contributed by atoms with Crippen molar-refractivity contribution < 1.29 is 14.5 Å². The van der Waals surface area contributed by atoms with E-state index in [1.165, 1.54) is 36.6 Å². The van der Waals surface area contributed by atoms with E-state index >= 15 is 0 Å². The highest BCUT2D eigenvalue weighted by Crippen LogP contribution is 2.44. The third-order valence-corrected chi connectivity index (χ3v) is 6.64. The van der Waals surface area contributed by atoms with Gasteiger partial charge in [0.05, 0.1) is 17.6 Å². The van der Waals surface area contributed by atoms with Gasteiger partial charge in [0.25, 0.3) is 5.91 Å². The number of nitrogens with zero attached hydrogens (tertiary/aromatic N) is 2. The lowest BCUT2D eigenvalue weighted by Crippen LogP contribution is -2.26. The molecule has 3 rings (SSSR count). The first kappa shape index (κ1) is 20.8. The Morgan fingerprint density at radius 3 is 2.72 bits per heavy atom. The molecule has 0 saturated carbocycles. The minimum absolute atomic E-state index is 0.0871. The van der Waals surface area contributed by atoms with E-state index in [1.54, 1.807) is 0 Å². The Hall–Kier alpha value is -2.92. The quantitative estimate of drug-likeness (QED) is 0.564. The molecule has 0 bridgehead atoms. The number of fused-ring (bicyclic) bond motifs is 1. The first-order valence-electron chi connectivity index (χ1n) is 9.34. The number of thiophene rings is 1. The second-order valence-electron chi connectivity index (χ2n) is 8.22. The van der Waals surface area contributed by atoms with E-state index < -0.39 is 10.8 Å². The van der Waals surface area contributed by atoms with E-state index in [0.717, 1.165) is 29.7 Å². The fourth-order valence-electron chi connectivity index (χ4n) is 3.68. The average Bonchev–Trinajstić information content (AvgIpc) is 3.02. The molecule has 0 saturated heterocycles. The summed E-state index contributed by atoms with van der Waals surface area (Å²) in [4.78, 5) is 24.5. The molecule has 1 aliphatic rings. The number of nitriles is 1. The zero-order chi connectivity index (χ0) is 21.3. The van der Waals surface area contributed by atoms with Crippen molar-refractivity contribution in [2.24, 2.45) is 11.3 Å². The molecule has 0 aliphatic heterocycles. The number of ether oxygens (including phenoxy) is 1. The topological polar surface area (TPSA) is 105 Å². The van der Waals surface area contributed by atoms with Crippen LogP contribution in [-0.2, 0) is 12.8 Å². The molecule has 29 heavy (non-hydrogen) atoms. The molecule has 152 valence electrons. The van der Waals surface area contributed by atoms with Crippen LogP contribution >= 0.6 is 11.3 Å². The summed E-state index contributed by atoms with van der Waals surface area (Å²) < 4.78 is 4.97. The third-order valence-electron chi connectivity index (χ3n) is 5.47.